The largest absolute Gasteiger partial charge is 0.366 e. The molecule has 6 nitrogen and oxygen atoms in total. The third-order valence-electron chi connectivity index (χ3n) is 1.56. The van der Waals surface area contributed by atoms with Crippen LogP contribution < -0.4 is 5.73 Å². The van der Waals surface area contributed by atoms with Gasteiger partial charge in [0.1, 0.15) is 5.69 Å². The molecule has 0 saturated heterocycles. The molecule has 2 rings (SSSR count). The van der Waals surface area contributed by atoms with E-state index in [-0.39, 0.29) is 5.95 Å². The Morgan fingerprint density at radius 3 is 2.92 bits per heavy atom. The average molecular weight is 164 g/mol. The second kappa shape index (κ2) is 2.33. The zero-order valence-corrected chi connectivity index (χ0v) is 6.52. The van der Waals surface area contributed by atoms with E-state index in [1.807, 2.05) is 11.6 Å². The molecule has 12 heavy (non-hydrogen) atoms. The molecule has 0 atom stereocenters. The first-order chi connectivity index (χ1) is 5.77. The number of nitrogens with two attached hydrogens (primary N) is 1. The molecule has 0 fully saturated rings. The summed E-state index contributed by atoms with van der Waals surface area (Å²) >= 11 is 0. The third-order valence-corrected chi connectivity index (χ3v) is 1.56. The minimum Gasteiger partial charge on any atom is -0.366 e. The lowest BCUT2D eigenvalue weighted by atomic mass is 10.4. The van der Waals surface area contributed by atoms with Crippen molar-refractivity contribution in [3.05, 3.63) is 12.5 Å². The van der Waals surface area contributed by atoms with Crippen LogP contribution in [0.3, 0.4) is 0 Å². The Kier molecular flexibility index (Phi) is 1.33. The number of aromatic amines is 1. The first-order valence-corrected chi connectivity index (χ1v) is 3.42. The molecule has 0 aliphatic carbocycles. The summed E-state index contributed by atoms with van der Waals surface area (Å²) in [5, 5.41) is 6.42. The second-order valence-corrected chi connectivity index (χ2v) is 2.43. The van der Waals surface area contributed by atoms with Crippen LogP contribution in [-0.4, -0.2) is 24.7 Å². The van der Waals surface area contributed by atoms with Gasteiger partial charge in [-0.25, -0.2) is 4.98 Å². The van der Waals surface area contributed by atoms with E-state index in [0.717, 1.165) is 5.69 Å². The first-order valence-electron chi connectivity index (χ1n) is 3.42. The number of nitrogens with zero attached hydrogens (tertiary/aromatic N) is 4. The van der Waals surface area contributed by atoms with Crippen molar-refractivity contribution >= 4 is 5.95 Å². The van der Waals surface area contributed by atoms with Crippen LogP contribution in [0.2, 0.25) is 0 Å². The van der Waals surface area contributed by atoms with Gasteiger partial charge in [0.15, 0.2) is 5.82 Å². The number of anilines is 1. The number of imidazole rings is 1. The van der Waals surface area contributed by atoms with E-state index in [9.17, 15) is 0 Å². The van der Waals surface area contributed by atoms with Crippen LogP contribution in [0.1, 0.15) is 0 Å². The highest BCUT2D eigenvalue weighted by atomic mass is 15.3. The summed E-state index contributed by atoms with van der Waals surface area (Å²) in [6.07, 6.45) is 3.38. The van der Waals surface area contributed by atoms with Gasteiger partial charge in [0.25, 0.3) is 0 Å². The minimum atomic E-state index is 0.242. The summed E-state index contributed by atoms with van der Waals surface area (Å²) in [7, 11) is 1.88. The third kappa shape index (κ3) is 0.931. The molecule has 2 heterocycles. The molecule has 0 aliphatic rings. The van der Waals surface area contributed by atoms with Crippen molar-refractivity contribution in [3.63, 3.8) is 0 Å². The molecule has 0 aliphatic heterocycles. The van der Waals surface area contributed by atoms with E-state index in [1.54, 1.807) is 12.5 Å². The molecule has 2 aromatic rings. The number of hydrogen-bond acceptors (Lipinski definition) is 4. The van der Waals surface area contributed by atoms with Crippen molar-refractivity contribution < 1.29 is 0 Å². The lowest BCUT2D eigenvalue weighted by Crippen LogP contribution is -1.91. The Morgan fingerprint density at radius 2 is 2.42 bits per heavy atom. The van der Waals surface area contributed by atoms with Gasteiger partial charge in [0.05, 0.1) is 12.5 Å². The monoisotopic (exact) mass is 164 g/mol. The fourth-order valence-corrected chi connectivity index (χ4v) is 0.975. The Morgan fingerprint density at radius 1 is 1.58 bits per heavy atom. The summed E-state index contributed by atoms with van der Waals surface area (Å²) < 4.78 is 1.83. The van der Waals surface area contributed by atoms with E-state index in [4.69, 9.17) is 5.73 Å². The molecule has 0 spiro atoms. The summed E-state index contributed by atoms with van der Waals surface area (Å²) in [6, 6.07) is 0. The van der Waals surface area contributed by atoms with Crippen molar-refractivity contribution in [1.29, 1.82) is 0 Å². The first kappa shape index (κ1) is 6.84. The van der Waals surface area contributed by atoms with Gasteiger partial charge in [-0.3, -0.25) is 5.10 Å². The topological polar surface area (TPSA) is 85.4 Å². The maximum absolute atomic E-state index is 5.35. The van der Waals surface area contributed by atoms with E-state index < -0.39 is 0 Å². The van der Waals surface area contributed by atoms with Crippen molar-refractivity contribution in [2.24, 2.45) is 7.05 Å². The van der Waals surface area contributed by atoms with Gasteiger partial charge in [-0.15, -0.1) is 5.10 Å². The fraction of sp³-hybridized carbons (Fsp3) is 0.167. The Labute approximate surface area is 68.4 Å². The van der Waals surface area contributed by atoms with Crippen LogP contribution in [0, 0.1) is 0 Å². The molecule has 2 aromatic heterocycles. The normalized spacial score (nSPS) is 10.4. The molecule has 0 unspecified atom stereocenters. The van der Waals surface area contributed by atoms with Crippen LogP contribution >= 0.6 is 0 Å². The number of H-pyrrole nitrogens is 1. The van der Waals surface area contributed by atoms with Gasteiger partial charge >= 0.3 is 0 Å². The number of aromatic nitrogens is 5. The zero-order chi connectivity index (χ0) is 8.55. The number of nitrogens with one attached hydrogen (secondary N) is 1. The van der Waals surface area contributed by atoms with Crippen LogP contribution in [0.15, 0.2) is 12.5 Å². The van der Waals surface area contributed by atoms with Crippen molar-refractivity contribution in [2.75, 3.05) is 5.73 Å². The van der Waals surface area contributed by atoms with Crippen LogP contribution in [0.4, 0.5) is 5.95 Å². The molecule has 3 N–H and O–H groups in total. The number of nitrogen functional groups attached to an aromatic ring is 1. The predicted molar refractivity (Wildman–Crippen MR) is 43.0 cm³/mol. The Hall–Kier alpha value is -1.85. The smallest absolute Gasteiger partial charge is 0.239 e. The molecule has 62 valence electrons. The van der Waals surface area contributed by atoms with Crippen LogP contribution in [0.5, 0.6) is 0 Å². The van der Waals surface area contributed by atoms with E-state index in [1.165, 1.54) is 0 Å². The summed E-state index contributed by atoms with van der Waals surface area (Å²) in [6.45, 7) is 0. The maximum atomic E-state index is 5.35. The molecular formula is C6H8N6. The standard InChI is InChI=1S/C6H8N6/c1-12-3-8-2-4(12)5-9-6(7)11-10-5/h2-3H,1H3,(H3,7,9,10,11). The lowest BCUT2D eigenvalue weighted by Gasteiger charge is -1.94. The zero-order valence-electron chi connectivity index (χ0n) is 6.52. The molecule has 0 aromatic carbocycles. The number of aryl methyl sites for hydroxylation is 1. The van der Waals surface area contributed by atoms with Gasteiger partial charge in [0, 0.05) is 7.05 Å². The summed E-state index contributed by atoms with van der Waals surface area (Å²) in [5.41, 5.74) is 6.21. The molecule has 0 radical (unpaired) electrons. The maximum Gasteiger partial charge on any atom is 0.239 e. The van der Waals surface area contributed by atoms with E-state index >= 15 is 0 Å². The Bertz CT molecular complexity index is 386. The average Bonchev–Trinajstić information content (AvgIpc) is 2.58. The molecular weight excluding hydrogens is 156 g/mol. The van der Waals surface area contributed by atoms with Gasteiger partial charge in [0.2, 0.25) is 5.95 Å². The summed E-state index contributed by atoms with van der Waals surface area (Å²) in [5.74, 6) is 0.874. The quantitative estimate of drug-likeness (QED) is 0.610. The Balaban J connectivity index is 2.50. The van der Waals surface area contributed by atoms with E-state index in [2.05, 4.69) is 20.2 Å². The number of rotatable bonds is 1. The highest BCUT2D eigenvalue weighted by Crippen LogP contribution is 2.12. The van der Waals surface area contributed by atoms with Crippen molar-refractivity contribution in [2.45, 2.75) is 0 Å². The molecule has 0 saturated carbocycles. The molecule has 6 heteroatoms. The lowest BCUT2D eigenvalue weighted by molar-refractivity contribution is 0.909. The van der Waals surface area contributed by atoms with Gasteiger partial charge < -0.3 is 10.3 Å². The van der Waals surface area contributed by atoms with Crippen LogP contribution in [-0.2, 0) is 7.05 Å². The molecule has 0 bridgehead atoms. The fourth-order valence-electron chi connectivity index (χ4n) is 0.975. The van der Waals surface area contributed by atoms with Crippen molar-refractivity contribution in [1.82, 2.24) is 24.7 Å². The van der Waals surface area contributed by atoms with Crippen molar-refractivity contribution in [3.8, 4) is 11.5 Å². The molecule has 0 amide bonds. The highest BCUT2D eigenvalue weighted by Gasteiger charge is 2.05. The van der Waals surface area contributed by atoms with E-state index in [0.29, 0.717) is 5.82 Å². The predicted octanol–water partition coefficient (Wildman–Crippen LogP) is -0.213. The SMILES string of the molecule is Cn1cncc1-c1nc(N)n[nH]1. The van der Waals surface area contributed by atoms with Gasteiger partial charge in [-0.05, 0) is 0 Å². The summed E-state index contributed by atoms with van der Waals surface area (Å²) in [4.78, 5) is 7.91. The van der Waals surface area contributed by atoms with Gasteiger partial charge in [-0.1, -0.05) is 0 Å². The van der Waals surface area contributed by atoms with Gasteiger partial charge in [-0.2, -0.15) is 4.98 Å². The number of hydrogen-bond donors (Lipinski definition) is 2. The second-order valence-electron chi connectivity index (χ2n) is 2.43. The minimum absolute atomic E-state index is 0.242. The van der Waals surface area contributed by atoms with Crippen LogP contribution in [0.25, 0.3) is 11.5 Å². The highest BCUT2D eigenvalue weighted by molar-refractivity contribution is 5.49.